The molecule has 0 fully saturated rings. The molecule has 0 amide bonds. The fourth-order valence-electron chi connectivity index (χ4n) is 1.46. The molecule has 100 valence electrons. The van der Waals surface area contributed by atoms with Gasteiger partial charge in [0.05, 0.1) is 9.82 Å². The van der Waals surface area contributed by atoms with Gasteiger partial charge in [0.1, 0.15) is 0 Å². The summed E-state index contributed by atoms with van der Waals surface area (Å²) in [7, 11) is -3.78. The first-order valence-electron chi connectivity index (χ1n) is 5.24. The van der Waals surface area contributed by atoms with E-state index in [0.717, 1.165) is 0 Å². The zero-order chi connectivity index (χ0) is 13.8. The Morgan fingerprint density at radius 1 is 1.44 bits per heavy atom. The maximum absolute atomic E-state index is 11.9. The van der Waals surface area contributed by atoms with Gasteiger partial charge in [0.25, 0.3) is 5.69 Å². The molecular weight excluding hydrogens is 260 g/mol. The van der Waals surface area contributed by atoms with Gasteiger partial charge in [-0.15, -0.1) is 0 Å². The van der Waals surface area contributed by atoms with Crippen molar-refractivity contribution >= 4 is 15.7 Å². The van der Waals surface area contributed by atoms with Crippen molar-refractivity contribution in [3.8, 4) is 0 Å². The van der Waals surface area contributed by atoms with E-state index in [1.165, 1.54) is 25.1 Å². The van der Waals surface area contributed by atoms with E-state index in [2.05, 4.69) is 4.72 Å². The molecule has 0 atom stereocenters. The molecule has 1 aromatic rings. The monoisotopic (exact) mass is 274 g/mol. The van der Waals surface area contributed by atoms with Gasteiger partial charge in [0.15, 0.2) is 0 Å². The number of benzene rings is 1. The first-order chi connectivity index (χ1) is 8.40. The number of nitrogens with zero attached hydrogens (tertiary/aromatic N) is 1. The van der Waals surface area contributed by atoms with Gasteiger partial charge in [-0.3, -0.25) is 10.1 Å². The first kappa shape index (κ1) is 14.6. The fraction of sp³-hybridized carbons (Fsp3) is 0.400. The van der Waals surface area contributed by atoms with Crippen LogP contribution in [0.3, 0.4) is 0 Å². The lowest BCUT2D eigenvalue weighted by Crippen LogP contribution is -2.26. The summed E-state index contributed by atoms with van der Waals surface area (Å²) in [5, 5.41) is 19.3. The smallest absolute Gasteiger partial charge is 0.273 e. The van der Waals surface area contributed by atoms with Gasteiger partial charge in [-0.25, -0.2) is 13.1 Å². The second-order valence-corrected chi connectivity index (χ2v) is 5.37. The Labute approximate surface area is 105 Å². The van der Waals surface area contributed by atoms with Crippen molar-refractivity contribution in [2.45, 2.75) is 18.2 Å². The van der Waals surface area contributed by atoms with E-state index >= 15 is 0 Å². The van der Waals surface area contributed by atoms with Crippen LogP contribution in [0.5, 0.6) is 0 Å². The van der Waals surface area contributed by atoms with E-state index < -0.39 is 14.9 Å². The van der Waals surface area contributed by atoms with Crippen LogP contribution in [0, 0.1) is 17.0 Å². The summed E-state index contributed by atoms with van der Waals surface area (Å²) in [6, 6.07) is 3.89. The maximum Gasteiger partial charge on any atom is 0.273 e. The molecule has 0 spiro atoms. The molecular formula is C10H14N2O5S. The molecule has 0 radical (unpaired) electrons. The first-order valence-corrected chi connectivity index (χ1v) is 6.73. The third kappa shape index (κ3) is 3.25. The minimum atomic E-state index is -3.78. The number of nitrogens with one attached hydrogen (secondary N) is 1. The standard InChI is InChI=1S/C10H14N2O5S/c1-8-9(12(14)15)4-2-5-10(8)18(16,17)11-6-3-7-13/h2,4-5,11,13H,3,6-7H2,1H3. The van der Waals surface area contributed by atoms with Crippen LogP contribution in [0.2, 0.25) is 0 Å². The van der Waals surface area contributed by atoms with Gasteiger partial charge in [-0.2, -0.15) is 0 Å². The van der Waals surface area contributed by atoms with Crippen LogP contribution >= 0.6 is 0 Å². The summed E-state index contributed by atoms with van der Waals surface area (Å²) in [6.07, 6.45) is 0.285. The van der Waals surface area contributed by atoms with Crippen LogP contribution in [0.15, 0.2) is 23.1 Å². The Balaban J connectivity index is 3.09. The van der Waals surface area contributed by atoms with E-state index in [4.69, 9.17) is 5.11 Å². The topological polar surface area (TPSA) is 110 Å². The molecule has 0 aliphatic rings. The molecule has 0 aliphatic carbocycles. The Kier molecular flexibility index (Phi) is 4.76. The van der Waals surface area contributed by atoms with E-state index in [1.54, 1.807) is 0 Å². The third-order valence-corrected chi connectivity index (χ3v) is 3.97. The van der Waals surface area contributed by atoms with Crippen LogP contribution in [0.4, 0.5) is 5.69 Å². The normalized spacial score (nSPS) is 11.4. The zero-order valence-corrected chi connectivity index (χ0v) is 10.6. The van der Waals surface area contributed by atoms with Crippen LogP contribution in [-0.4, -0.2) is 31.6 Å². The SMILES string of the molecule is Cc1c([N+](=O)[O-])cccc1S(=O)(=O)NCCCO. The lowest BCUT2D eigenvalue weighted by atomic mass is 10.2. The maximum atomic E-state index is 11.9. The molecule has 0 saturated carbocycles. The van der Waals surface area contributed by atoms with Crippen LogP contribution in [0.1, 0.15) is 12.0 Å². The molecule has 0 aromatic heterocycles. The highest BCUT2D eigenvalue weighted by atomic mass is 32.2. The van der Waals surface area contributed by atoms with E-state index in [1.807, 2.05) is 0 Å². The Bertz CT molecular complexity index is 541. The predicted octanol–water partition coefficient (Wildman–Crippen LogP) is 0.564. The molecule has 0 saturated heterocycles. The number of nitro groups is 1. The Morgan fingerprint density at radius 2 is 2.11 bits per heavy atom. The highest BCUT2D eigenvalue weighted by Gasteiger charge is 2.22. The molecule has 2 N–H and O–H groups in total. The third-order valence-electron chi connectivity index (χ3n) is 2.37. The second-order valence-electron chi connectivity index (χ2n) is 3.63. The zero-order valence-electron chi connectivity index (χ0n) is 9.79. The fourth-order valence-corrected chi connectivity index (χ4v) is 2.79. The van der Waals surface area contributed by atoms with Crippen LogP contribution in [0.25, 0.3) is 0 Å². The van der Waals surface area contributed by atoms with Crippen molar-refractivity contribution in [1.29, 1.82) is 0 Å². The highest BCUT2D eigenvalue weighted by Crippen LogP contribution is 2.24. The van der Waals surface area contributed by atoms with Crippen molar-refractivity contribution in [3.05, 3.63) is 33.9 Å². The van der Waals surface area contributed by atoms with Gasteiger partial charge in [0.2, 0.25) is 10.0 Å². The summed E-state index contributed by atoms with van der Waals surface area (Å²) in [4.78, 5) is 9.98. The van der Waals surface area contributed by atoms with Crippen molar-refractivity contribution in [2.75, 3.05) is 13.2 Å². The molecule has 1 rings (SSSR count). The molecule has 0 bridgehead atoms. The number of nitro benzene ring substituents is 1. The summed E-state index contributed by atoms with van der Waals surface area (Å²) < 4.78 is 26.0. The highest BCUT2D eigenvalue weighted by molar-refractivity contribution is 7.89. The van der Waals surface area contributed by atoms with E-state index in [9.17, 15) is 18.5 Å². The quantitative estimate of drug-likeness (QED) is 0.447. The van der Waals surface area contributed by atoms with Gasteiger partial charge >= 0.3 is 0 Å². The lowest BCUT2D eigenvalue weighted by molar-refractivity contribution is -0.385. The van der Waals surface area contributed by atoms with Crippen molar-refractivity contribution in [1.82, 2.24) is 4.72 Å². The predicted molar refractivity (Wildman–Crippen MR) is 64.7 cm³/mol. The van der Waals surface area contributed by atoms with Gasteiger partial charge in [-0.05, 0) is 19.4 Å². The summed E-state index contributed by atoms with van der Waals surface area (Å²) in [6.45, 7) is 1.34. The minimum absolute atomic E-state index is 0.0843. The van der Waals surface area contributed by atoms with Crippen molar-refractivity contribution in [3.63, 3.8) is 0 Å². The molecule has 0 aliphatic heterocycles. The molecule has 7 nitrogen and oxygen atoms in total. The van der Waals surface area contributed by atoms with Crippen LogP contribution in [-0.2, 0) is 10.0 Å². The number of aliphatic hydroxyl groups excluding tert-OH is 1. The number of aliphatic hydroxyl groups is 1. The largest absolute Gasteiger partial charge is 0.396 e. The van der Waals surface area contributed by atoms with Crippen molar-refractivity contribution < 1.29 is 18.4 Å². The number of sulfonamides is 1. The number of rotatable bonds is 6. The number of hydrogen-bond acceptors (Lipinski definition) is 5. The molecule has 0 heterocycles. The Morgan fingerprint density at radius 3 is 2.67 bits per heavy atom. The average Bonchev–Trinajstić information content (AvgIpc) is 2.28. The van der Waals surface area contributed by atoms with Gasteiger partial charge in [-0.1, -0.05) is 6.07 Å². The van der Waals surface area contributed by atoms with Gasteiger partial charge < -0.3 is 5.11 Å². The Hall–Kier alpha value is -1.51. The summed E-state index contributed by atoms with van der Waals surface area (Å²) in [5.74, 6) is 0. The molecule has 18 heavy (non-hydrogen) atoms. The second kappa shape index (κ2) is 5.89. The van der Waals surface area contributed by atoms with Crippen LogP contribution < -0.4 is 4.72 Å². The molecule has 1 aromatic carbocycles. The lowest BCUT2D eigenvalue weighted by Gasteiger charge is -2.08. The van der Waals surface area contributed by atoms with Gasteiger partial charge in [0, 0.05) is 24.8 Å². The molecule has 0 unspecified atom stereocenters. The number of hydrogen-bond donors (Lipinski definition) is 2. The molecule has 8 heteroatoms. The van der Waals surface area contributed by atoms with E-state index in [0.29, 0.717) is 0 Å². The van der Waals surface area contributed by atoms with Crippen molar-refractivity contribution in [2.24, 2.45) is 0 Å². The summed E-state index contributed by atoms with van der Waals surface area (Å²) in [5.41, 5.74) is -0.140. The average molecular weight is 274 g/mol. The minimum Gasteiger partial charge on any atom is -0.396 e. The van der Waals surface area contributed by atoms with E-state index in [-0.39, 0.29) is 35.7 Å². The summed E-state index contributed by atoms with van der Waals surface area (Å²) >= 11 is 0.